The van der Waals surface area contributed by atoms with Crippen molar-refractivity contribution in [1.29, 1.82) is 0 Å². The average Bonchev–Trinajstić information content (AvgIpc) is 3.29. The molecule has 1 fully saturated rings. The zero-order valence-electron chi connectivity index (χ0n) is 23.3. The fourth-order valence-corrected chi connectivity index (χ4v) is 7.02. The molecule has 0 bridgehead atoms. The number of anilines is 3. The summed E-state index contributed by atoms with van der Waals surface area (Å²) in [7, 11) is 3.99. The molecule has 4 aromatic rings. The van der Waals surface area contributed by atoms with Crippen LogP contribution in [0.25, 0.3) is 12.2 Å². The normalized spacial score (nSPS) is 17.0. The summed E-state index contributed by atoms with van der Waals surface area (Å²) < 4.78 is 0. The summed E-state index contributed by atoms with van der Waals surface area (Å²) in [5.74, 6) is -0.502. The summed E-state index contributed by atoms with van der Waals surface area (Å²) in [5.41, 5.74) is 7.92. The fraction of sp³-hybridized carbons (Fsp3) is 0.118. The number of hydrazine groups is 1. The number of nitrogens with zero attached hydrogens (tertiary/aromatic N) is 3. The van der Waals surface area contributed by atoms with Crippen molar-refractivity contribution in [2.45, 2.75) is 15.2 Å². The molecule has 0 aliphatic carbocycles. The zero-order chi connectivity index (χ0) is 29.1. The van der Waals surface area contributed by atoms with Crippen molar-refractivity contribution < 1.29 is 9.59 Å². The van der Waals surface area contributed by atoms with Gasteiger partial charge in [-0.1, -0.05) is 96.3 Å². The van der Waals surface area contributed by atoms with E-state index in [0.29, 0.717) is 4.91 Å². The van der Waals surface area contributed by atoms with Crippen molar-refractivity contribution in [1.82, 2.24) is 10.4 Å². The molecule has 0 aromatic heterocycles. The minimum atomic E-state index is -0.398. The summed E-state index contributed by atoms with van der Waals surface area (Å²) in [6, 6.07) is 34.1. The van der Waals surface area contributed by atoms with Gasteiger partial charge in [-0.05, 0) is 59.7 Å². The van der Waals surface area contributed by atoms with Crippen LogP contribution in [-0.2, 0) is 9.59 Å². The van der Waals surface area contributed by atoms with Crippen LogP contribution in [0.2, 0.25) is 0 Å². The van der Waals surface area contributed by atoms with Gasteiger partial charge >= 0.3 is 0 Å². The molecule has 1 unspecified atom stereocenters. The van der Waals surface area contributed by atoms with Crippen molar-refractivity contribution in [2.24, 2.45) is 0 Å². The van der Waals surface area contributed by atoms with E-state index in [9.17, 15) is 9.59 Å². The van der Waals surface area contributed by atoms with E-state index in [-0.39, 0.29) is 18.4 Å². The van der Waals surface area contributed by atoms with Gasteiger partial charge in [-0.2, -0.15) is 0 Å². The molecule has 1 N–H and O–H groups in total. The summed E-state index contributed by atoms with van der Waals surface area (Å²) in [6.07, 6.45) is 5.82. The molecular weight excluding hydrogens is 561 g/mol. The van der Waals surface area contributed by atoms with Gasteiger partial charge in [0.15, 0.2) is 0 Å². The SMILES string of the molecule is CN(C)c1ccc(/C=C2\SC(/C=C/c3ccccc3)N(NC(=O)CN3c4ccccc4Sc4ccccc43)C2=O)cc1. The average molecular weight is 591 g/mol. The Bertz CT molecular complexity index is 1620. The number of rotatable bonds is 7. The van der Waals surface area contributed by atoms with Crippen LogP contribution in [0.1, 0.15) is 11.1 Å². The first-order valence-electron chi connectivity index (χ1n) is 13.6. The molecule has 210 valence electrons. The minimum Gasteiger partial charge on any atom is -0.378 e. The highest BCUT2D eigenvalue weighted by Gasteiger charge is 2.37. The number of carbonyl (C=O) groups is 2. The van der Waals surface area contributed by atoms with Gasteiger partial charge in [0, 0.05) is 29.6 Å². The third-order valence-corrected chi connectivity index (χ3v) is 9.26. The molecule has 0 saturated carbocycles. The monoisotopic (exact) mass is 590 g/mol. The third kappa shape index (κ3) is 5.95. The van der Waals surface area contributed by atoms with Gasteiger partial charge in [0.05, 0.1) is 16.3 Å². The van der Waals surface area contributed by atoms with E-state index < -0.39 is 5.37 Å². The predicted octanol–water partition coefficient (Wildman–Crippen LogP) is 7.04. The smallest absolute Gasteiger partial charge is 0.280 e. The van der Waals surface area contributed by atoms with E-state index in [1.54, 1.807) is 11.8 Å². The second kappa shape index (κ2) is 12.2. The molecule has 2 aliphatic rings. The molecule has 8 heteroatoms. The maximum absolute atomic E-state index is 13.7. The molecule has 2 aliphatic heterocycles. The van der Waals surface area contributed by atoms with Crippen molar-refractivity contribution >= 4 is 64.6 Å². The highest BCUT2D eigenvalue weighted by molar-refractivity contribution is 8.05. The molecule has 0 spiro atoms. The maximum atomic E-state index is 13.7. The predicted molar refractivity (Wildman–Crippen MR) is 175 cm³/mol. The van der Waals surface area contributed by atoms with Crippen LogP contribution < -0.4 is 15.2 Å². The summed E-state index contributed by atoms with van der Waals surface area (Å²) in [4.78, 5) is 34.1. The molecule has 42 heavy (non-hydrogen) atoms. The Morgan fingerprint density at radius 3 is 2.10 bits per heavy atom. The zero-order valence-corrected chi connectivity index (χ0v) is 24.9. The molecule has 1 saturated heterocycles. The Balaban J connectivity index is 1.26. The van der Waals surface area contributed by atoms with Crippen molar-refractivity contribution in [3.63, 3.8) is 0 Å². The second-order valence-corrected chi connectivity index (χ2v) is 12.3. The van der Waals surface area contributed by atoms with Gasteiger partial charge in [0.1, 0.15) is 11.9 Å². The van der Waals surface area contributed by atoms with Crippen LogP contribution >= 0.6 is 23.5 Å². The molecular formula is C34H30N4O2S2. The Morgan fingerprint density at radius 1 is 0.833 bits per heavy atom. The van der Waals surface area contributed by atoms with Crippen LogP contribution in [0.5, 0.6) is 0 Å². The van der Waals surface area contributed by atoms with Crippen molar-refractivity contribution in [3.05, 3.63) is 125 Å². The van der Waals surface area contributed by atoms with E-state index in [1.165, 1.54) is 16.8 Å². The minimum absolute atomic E-state index is 0.0726. The Labute approximate surface area is 254 Å². The lowest BCUT2D eigenvalue weighted by Crippen LogP contribution is -2.49. The number of benzene rings is 4. The number of nitrogens with one attached hydrogen (secondary N) is 1. The number of hydrogen-bond acceptors (Lipinski definition) is 6. The van der Waals surface area contributed by atoms with Gasteiger partial charge in [-0.25, -0.2) is 5.01 Å². The Kier molecular flexibility index (Phi) is 8.08. The van der Waals surface area contributed by atoms with Gasteiger partial charge in [0.2, 0.25) is 0 Å². The highest BCUT2D eigenvalue weighted by atomic mass is 32.2. The number of hydrogen-bond donors (Lipinski definition) is 1. The fourth-order valence-electron chi connectivity index (χ4n) is 4.85. The second-order valence-electron chi connectivity index (χ2n) is 10.1. The van der Waals surface area contributed by atoms with Crippen LogP contribution in [0.4, 0.5) is 17.1 Å². The van der Waals surface area contributed by atoms with Gasteiger partial charge in [0.25, 0.3) is 11.8 Å². The molecule has 2 amide bonds. The first kappa shape index (κ1) is 27.8. The number of para-hydroxylation sites is 2. The first-order chi connectivity index (χ1) is 20.5. The van der Waals surface area contributed by atoms with E-state index in [2.05, 4.69) is 17.6 Å². The number of fused-ring (bicyclic) bond motifs is 2. The van der Waals surface area contributed by atoms with Crippen LogP contribution in [0, 0.1) is 0 Å². The lowest BCUT2D eigenvalue weighted by Gasteiger charge is -2.33. The van der Waals surface area contributed by atoms with Crippen molar-refractivity contribution in [2.75, 3.05) is 30.4 Å². The quantitative estimate of drug-likeness (QED) is 0.233. The lowest BCUT2D eigenvalue weighted by molar-refractivity contribution is -0.136. The third-order valence-electron chi connectivity index (χ3n) is 6.97. The molecule has 4 aromatic carbocycles. The Morgan fingerprint density at radius 2 is 1.45 bits per heavy atom. The van der Waals surface area contributed by atoms with Crippen LogP contribution in [0.15, 0.2) is 124 Å². The number of thioether (sulfide) groups is 1. The van der Waals surface area contributed by atoms with E-state index in [0.717, 1.165) is 38.0 Å². The summed E-state index contributed by atoms with van der Waals surface area (Å²) in [6.45, 7) is 0.0726. The number of carbonyl (C=O) groups excluding carboxylic acids is 2. The largest absolute Gasteiger partial charge is 0.378 e. The molecule has 0 radical (unpaired) electrons. The van der Waals surface area contributed by atoms with E-state index >= 15 is 0 Å². The van der Waals surface area contributed by atoms with Crippen LogP contribution in [0.3, 0.4) is 0 Å². The summed E-state index contributed by atoms with van der Waals surface area (Å²) >= 11 is 3.12. The van der Waals surface area contributed by atoms with Gasteiger partial charge < -0.3 is 9.80 Å². The topological polar surface area (TPSA) is 55.9 Å². The number of amides is 2. The van der Waals surface area contributed by atoms with Crippen LogP contribution in [-0.4, -0.2) is 42.8 Å². The van der Waals surface area contributed by atoms with E-state index in [4.69, 9.17) is 0 Å². The standard InChI is InChI=1S/C34H30N4O2S2/c1-36(2)26-19-16-25(17-20-26)22-31-34(40)38(33(42-31)21-18-24-10-4-3-5-11-24)35-32(39)23-37-27-12-6-8-14-29(27)41-30-15-9-7-13-28(30)37/h3-22,33H,23H2,1-2H3,(H,35,39)/b21-18+,31-22-. The summed E-state index contributed by atoms with van der Waals surface area (Å²) in [5, 5.41) is 1.05. The van der Waals surface area contributed by atoms with E-state index in [1.807, 2.05) is 133 Å². The molecule has 6 nitrogen and oxygen atoms in total. The van der Waals surface area contributed by atoms with Crippen molar-refractivity contribution in [3.8, 4) is 0 Å². The first-order valence-corrected chi connectivity index (χ1v) is 15.3. The molecule has 2 heterocycles. The lowest BCUT2D eigenvalue weighted by atomic mass is 10.2. The van der Waals surface area contributed by atoms with Gasteiger partial charge in [-0.15, -0.1) is 0 Å². The maximum Gasteiger partial charge on any atom is 0.280 e. The molecule has 6 rings (SSSR count). The van der Waals surface area contributed by atoms with Gasteiger partial charge in [-0.3, -0.25) is 15.0 Å². The molecule has 1 atom stereocenters. The highest BCUT2D eigenvalue weighted by Crippen LogP contribution is 2.47. The Hall–Kier alpha value is -4.40.